The van der Waals surface area contributed by atoms with E-state index in [0.29, 0.717) is 34.5 Å². The number of carbonyl (C=O) groups excluding carboxylic acids is 1. The lowest BCUT2D eigenvalue weighted by molar-refractivity contribution is -0.136. The number of hydrogen-bond acceptors (Lipinski definition) is 7. The summed E-state index contributed by atoms with van der Waals surface area (Å²) >= 11 is 6.04. The average Bonchev–Trinajstić information content (AvgIpc) is 2.86. The van der Waals surface area contributed by atoms with Crippen LogP contribution in [0.5, 0.6) is 23.0 Å². The predicted molar refractivity (Wildman–Crippen MR) is 131 cm³/mol. The maximum atomic E-state index is 12.3. The van der Waals surface area contributed by atoms with Crippen molar-refractivity contribution in [3.63, 3.8) is 0 Å². The van der Waals surface area contributed by atoms with Crippen LogP contribution < -0.4 is 24.7 Å². The van der Waals surface area contributed by atoms with Gasteiger partial charge >= 0.3 is 5.97 Å². The number of carbonyl (C=O) groups is 1. The smallest absolute Gasteiger partial charge is 0.349 e. The number of para-hydroxylation sites is 1. The second-order valence-electron chi connectivity index (χ2n) is 7.74. The number of nitrogens with two attached hydrogens (primary N) is 1. The second kappa shape index (κ2) is 10.9. The summed E-state index contributed by atoms with van der Waals surface area (Å²) in [5.74, 6) is 0.663. The summed E-state index contributed by atoms with van der Waals surface area (Å²) in [6, 6.07) is 21.5. The van der Waals surface area contributed by atoms with Gasteiger partial charge in [-0.25, -0.2) is 4.79 Å². The molecule has 0 spiro atoms. The fourth-order valence-corrected chi connectivity index (χ4v) is 3.90. The maximum Gasteiger partial charge on any atom is 0.349 e. The molecule has 3 aromatic rings. The predicted octanol–water partition coefficient (Wildman–Crippen LogP) is 5.33. The van der Waals surface area contributed by atoms with Crippen molar-refractivity contribution in [3.05, 3.63) is 94.3 Å². The minimum atomic E-state index is -0.612. The first-order valence-corrected chi connectivity index (χ1v) is 11.4. The molecule has 0 bridgehead atoms. The van der Waals surface area contributed by atoms with Crippen molar-refractivity contribution >= 4 is 17.6 Å². The molecule has 0 aliphatic carbocycles. The Labute approximate surface area is 208 Å². The van der Waals surface area contributed by atoms with E-state index in [1.807, 2.05) is 31.2 Å². The fourth-order valence-electron chi connectivity index (χ4n) is 3.71. The van der Waals surface area contributed by atoms with Crippen LogP contribution in [-0.2, 0) is 4.79 Å². The van der Waals surface area contributed by atoms with E-state index in [-0.39, 0.29) is 18.2 Å². The molecule has 178 valence electrons. The number of hydrogen-bond donors (Lipinski definition) is 1. The van der Waals surface area contributed by atoms with Gasteiger partial charge in [0.1, 0.15) is 34.6 Å². The minimum Gasteiger partial charge on any atom is -0.494 e. The normalized spacial score (nSPS) is 14.4. The molecule has 0 saturated carbocycles. The van der Waals surface area contributed by atoms with E-state index in [4.69, 9.17) is 36.3 Å². The molecule has 1 aliphatic rings. The van der Waals surface area contributed by atoms with Crippen LogP contribution >= 0.6 is 11.6 Å². The zero-order chi connectivity index (χ0) is 24.8. The third-order valence-electron chi connectivity index (χ3n) is 5.27. The molecule has 0 saturated heterocycles. The molecule has 7 nitrogen and oxygen atoms in total. The number of fused-ring (bicyclic) bond motifs is 1. The van der Waals surface area contributed by atoms with Crippen molar-refractivity contribution in [3.8, 4) is 29.1 Å². The summed E-state index contributed by atoms with van der Waals surface area (Å²) in [4.78, 5) is 12.3. The first-order chi connectivity index (χ1) is 17.0. The van der Waals surface area contributed by atoms with E-state index in [1.165, 1.54) is 0 Å². The van der Waals surface area contributed by atoms with Crippen molar-refractivity contribution < 1.29 is 23.7 Å². The number of halogens is 1. The molecule has 0 amide bonds. The van der Waals surface area contributed by atoms with E-state index in [9.17, 15) is 10.1 Å². The van der Waals surface area contributed by atoms with Gasteiger partial charge in [-0.15, -0.1) is 0 Å². The van der Waals surface area contributed by atoms with Crippen LogP contribution in [0.3, 0.4) is 0 Å². The molecule has 1 heterocycles. The van der Waals surface area contributed by atoms with Gasteiger partial charge in [0.05, 0.1) is 17.5 Å². The Kier molecular flexibility index (Phi) is 7.44. The van der Waals surface area contributed by atoms with Crippen LogP contribution in [-0.4, -0.2) is 19.2 Å². The molecular formula is C27H23ClN2O5. The monoisotopic (exact) mass is 490 g/mol. The largest absolute Gasteiger partial charge is 0.494 e. The molecule has 0 fully saturated rings. The number of rotatable bonds is 8. The molecule has 1 atom stereocenters. The minimum absolute atomic E-state index is 0.00425. The van der Waals surface area contributed by atoms with Crippen LogP contribution in [0.1, 0.15) is 30.4 Å². The summed E-state index contributed by atoms with van der Waals surface area (Å²) in [7, 11) is 0. The van der Waals surface area contributed by atoms with Crippen LogP contribution in [0.4, 0.5) is 0 Å². The fraction of sp³-hybridized carbons (Fsp3) is 0.185. The van der Waals surface area contributed by atoms with Gasteiger partial charge < -0.3 is 24.7 Å². The van der Waals surface area contributed by atoms with Gasteiger partial charge in [0.15, 0.2) is 6.61 Å². The number of benzene rings is 3. The van der Waals surface area contributed by atoms with Crippen molar-refractivity contribution in [1.82, 2.24) is 0 Å². The zero-order valence-electron chi connectivity index (χ0n) is 19.0. The Hall–Kier alpha value is -4.15. The first kappa shape index (κ1) is 24.0. The lowest BCUT2D eigenvalue weighted by Crippen LogP contribution is -2.21. The quantitative estimate of drug-likeness (QED) is 0.336. The maximum absolute atomic E-state index is 12.3. The van der Waals surface area contributed by atoms with Gasteiger partial charge in [0.2, 0.25) is 5.88 Å². The SMILES string of the molecule is CCCOc1cccc(C2C(C#N)=C(N)Oc3cc(OC(=O)COc4ccccc4Cl)ccc32)c1. The summed E-state index contributed by atoms with van der Waals surface area (Å²) in [5.41, 5.74) is 7.94. The Bertz CT molecular complexity index is 1310. The summed E-state index contributed by atoms with van der Waals surface area (Å²) in [6.45, 7) is 2.30. The zero-order valence-corrected chi connectivity index (χ0v) is 19.7. The Morgan fingerprint density at radius 3 is 2.69 bits per heavy atom. The van der Waals surface area contributed by atoms with E-state index in [1.54, 1.807) is 42.5 Å². The molecule has 35 heavy (non-hydrogen) atoms. The molecule has 4 rings (SSSR count). The standard InChI is InChI=1S/C27H23ClN2O5/c1-2-12-32-18-7-5-6-17(13-18)26-20-11-10-19(14-24(20)35-27(30)21(26)15-29)34-25(31)16-33-23-9-4-3-8-22(23)28/h3-11,13-14,26H,2,12,16,30H2,1H3. The highest BCUT2D eigenvalue weighted by molar-refractivity contribution is 6.32. The number of ether oxygens (including phenoxy) is 4. The summed E-state index contributed by atoms with van der Waals surface area (Å²) in [5, 5.41) is 10.2. The topological polar surface area (TPSA) is 104 Å². The average molecular weight is 491 g/mol. The van der Waals surface area contributed by atoms with Gasteiger partial charge in [-0.05, 0) is 42.3 Å². The van der Waals surface area contributed by atoms with Crippen molar-refractivity contribution in [2.45, 2.75) is 19.3 Å². The molecule has 8 heteroatoms. The van der Waals surface area contributed by atoms with Crippen LogP contribution in [0.25, 0.3) is 0 Å². The number of allylic oxidation sites excluding steroid dienone is 1. The van der Waals surface area contributed by atoms with Crippen molar-refractivity contribution in [1.29, 1.82) is 5.26 Å². The van der Waals surface area contributed by atoms with Crippen molar-refractivity contribution in [2.75, 3.05) is 13.2 Å². The third-order valence-corrected chi connectivity index (χ3v) is 5.58. The summed E-state index contributed by atoms with van der Waals surface area (Å²) in [6.07, 6.45) is 0.881. The van der Waals surface area contributed by atoms with Gasteiger partial charge in [-0.1, -0.05) is 48.9 Å². The number of nitrogens with zero attached hydrogens (tertiary/aromatic N) is 1. The molecule has 0 radical (unpaired) electrons. The van der Waals surface area contributed by atoms with Gasteiger partial charge in [0, 0.05) is 11.6 Å². The Morgan fingerprint density at radius 1 is 1.09 bits per heavy atom. The van der Waals surface area contributed by atoms with E-state index in [0.717, 1.165) is 17.5 Å². The first-order valence-electron chi connectivity index (χ1n) is 11.0. The van der Waals surface area contributed by atoms with Crippen LogP contribution in [0, 0.1) is 11.3 Å². The lowest BCUT2D eigenvalue weighted by Gasteiger charge is -2.27. The molecule has 1 aliphatic heterocycles. The van der Waals surface area contributed by atoms with Crippen LogP contribution in [0.15, 0.2) is 78.2 Å². The van der Waals surface area contributed by atoms with Gasteiger partial charge in [-0.3, -0.25) is 0 Å². The van der Waals surface area contributed by atoms with Gasteiger partial charge in [0.25, 0.3) is 0 Å². The van der Waals surface area contributed by atoms with Crippen LogP contribution in [0.2, 0.25) is 5.02 Å². The van der Waals surface area contributed by atoms with Crippen molar-refractivity contribution in [2.24, 2.45) is 5.73 Å². The molecule has 1 unspecified atom stereocenters. The number of esters is 1. The third kappa shape index (κ3) is 5.51. The Morgan fingerprint density at radius 2 is 1.91 bits per heavy atom. The van der Waals surface area contributed by atoms with E-state index >= 15 is 0 Å². The summed E-state index contributed by atoms with van der Waals surface area (Å²) < 4.78 is 22.3. The lowest BCUT2D eigenvalue weighted by atomic mass is 9.83. The molecular weight excluding hydrogens is 468 g/mol. The Balaban J connectivity index is 1.55. The molecule has 3 aromatic carbocycles. The second-order valence-corrected chi connectivity index (χ2v) is 8.15. The van der Waals surface area contributed by atoms with E-state index in [2.05, 4.69) is 6.07 Å². The van der Waals surface area contributed by atoms with E-state index < -0.39 is 11.9 Å². The highest BCUT2D eigenvalue weighted by Crippen LogP contribution is 2.44. The highest BCUT2D eigenvalue weighted by Gasteiger charge is 2.31. The van der Waals surface area contributed by atoms with Gasteiger partial charge in [-0.2, -0.15) is 5.26 Å². The molecule has 0 aromatic heterocycles. The molecule has 2 N–H and O–H groups in total. The highest BCUT2D eigenvalue weighted by atomic mass is 35.5. The number of nitriles is 1.